The maximum absolute atomic E-state index is 13.1. The Balaban J connectivity index is 1.54. The Morgan fingerprint density at radius 1 is 1.24 bits per heavy atom. The van der Waals surface area contributed by atoms with Gasteiger partial charge < -0.3 is 14.5 Å². The Hall–Kier alpha value is -2.18. The summed E-state index contributed by atoms with van der Waals surface area (Å²) in [6, 6.07) is 11.8. The molecule has 1 amide bonds. The topological polar surface area (TPSA) is 50.6 Å². The second kappa shape index (κ2) is 6.98. The molecule has 2 aliphatic rings. The van der Waals surface area contributed by atoms with Gasteiger partial charge in [-0.2, -0.15) is 5.10 Å². The third kappa shape index (κ3) is 3.19. The van der Waals surface area contributed by atoms with Crippen LogP contribution in [0.4, 0.5) is 0 Å². The van der Waals surface area contributed by atoms with Crippen LogP contribution in [0.3, 0.4) is 0 Å². The first kappa shape index (κ1) is 16.3. The van der Waals surface area contributed by atoms with E-state index in [1.165, 1.54) is 0 Å². The fourth-order valence-electron chi connectivity index (χ4n) is 3.79. The molecule has 0 spiro atoms. The van der Waals surface area contributed by atoms with E-state index >= 15 is 0 Å². The molecule has 25 heavy (non-hydrogen) atoms. The van der Waals surface area contributed by atoms with Crippen molar-refractivity contribution in [1.29, 1.82) is 0 Å². The van der Waals surface area contributed by atoms with Crippen molar-refractivity contribution in [3.05, 3.63) is 48.3 Å². The predicted octanol–water partition coefficient (Wildman–Crippen LogP) is 1.81. The Morgan fingerprint density at radius 3 is 2.88 bits per heavy atom. The van der Waals surface area contributed by atoms with Gasteiger partial charge in [-0.1, -0.05) is 25.1 Å². The van der Waals surface area contributed by atoms with Crippen LogP contribution in [0, 0.1) is 0 Å². The van der Waals surface area contributed by atoms with Crippen molar-refractivity contribution in [3.63, 3.8) is 0 Å². The van der Waals surface area contributed by atoms with Gasteiger partial charge >= 0.3 is 0 Å². The zero-order valence-electron chi connectivity index (χ0n) is 14.5. The highest BCUT2D eigenvalue weighted by Crippen LogP contribution is 2.24. The van der Waals surface area contributed by atoms with Gasteiger partial charge in [-0.05, 0) is 31.2 Å². The molecule has 132 valence electrons. The number of rotatable bonds is 3. The second-order valence-electron chi connectivity index (χ2n) is 6.64. The summed E-state index contributed by atoms with van der Waals surface area (Å²) in [5.74, 6) is 0.00549. The molecule has 0 N–H and O–H groups in total. The Bertz CT molecular complexity index is 730. The molecule has 1 aromatic heterocycles. The number of benzene rings is 1. The average Bonchev–Trinajstić information content (AvgIpc) is 3.17. The van der Waals surface area contributed by atoms with Crippen LogP contribution < -0.4 is 0 Å². The highest BCUT2D eigenvalue weighted by atomic mass is 16.5. The van der Waals surface area contributed by atoms with E-state index in [2.05, 4.69) is 16.9 Å². The lowest BCUT2D eigenvalue weighted by atomic mass is 9.98. The molecule has 2 saturated heterocycles. The quantitative estimate of drug-likeness (QED) is 0.855. The van der Waals surface area contributed by atoms with Gasteiger partial charge in [0.15, 0.2) is 5.69 Å². The van der Waals surface area contributed by atoms with Crippen molar-refractivity contribution in [2.45, 2.75) is 25.5 Å². The largest absolute Gasteiger partial charge is 0.374 e. The third-order valence-electron chi connectivity index (χ3n) is 5.21. The van der Waals surface area contributed by atoms with Gasteiger partial charge in [-0.15, -0.1) is 0 Å². The molecular formula is C19H24N4O2. The minimum absolute atomic E-state index is 0.00549. The molecule has 4 rings (SSSR count). The number of aromatic nitrogens is 2. The lowest BCUT2D eigenvalue weighted by molar-refractivity contribution is -0.0897. The zero-order valence-corrected chi connectivity index (χ0v) is 14.5. The van der Waals surface area contributed by atoms with Gasteiger partial charge in [-0.3, -0.25) is 4.79 Å². The minimum atomic E-state index is 0.00549. The van der Waals surface area contributed by atoms with Crippen LogP contribution in [0.5, 0.6) is 0 Å². The molecule has 0 radical (unpaired) electrons. The number of carbonyl (C=O) groups excluding carboxylic acids is 1. The smallest absolute Gasteiger partial charge is 0.274 e. The third-order valence-corrected chi connectivity index (χ3v) is 5.21. The number of ether oxygens (including phenoxy) is 1. The summed E-state index contributed by atoms with van der Waals surface area (Å²) in [4.78, 5) is 17.4. The molecule has 0 saturated carbocycles. The van der Waals surface area contributed by atoms with E-state index in [1.807, 2.05) is 41.4 Å². The molecule has 6 heteroatoms. The van der Waals surface area contributed by atoms with Crippen LogP contribution in [0.1, 0.15) is 23.8 Å². The van der Waals surface area contributed by atoms with Crippen LogP contribution in [0.15, 0.2) is 42.6 Å². The summed E-state index contributed by atoms with van der Waals surface area (Å²) in [7, 11) is 0. The van der Waals surface area contributed by atoms with Crippen LogP contribution in [0.2, 0.25) is 0 Å². The standard InChI is InChI=1S/C19H24N4O2/c1-2-21-10-9-18-17(14-21)22(12-13-25-18)19(24)16-8-11-23(20-16)15-6-4-3-5-7-15/h3-8,11,17-18H,2,9-10,12-14H2,1H3/t17-,18+/m0/s1. The number of piperidine rings is 1. The number of amides is 1. The van der Waals surface area contributed by atoms with Crippen LogP contribution >= 0.6 is 0 Å². The molecule has 0 aliphatic carbocycles. The number of hydrogen-bond acceptors (Lipinski definition) is 4. The number of likely N-dealkylation sites (N-methyl/N-ethyl adjacent to an activating group) is 1. The van der Waals surface area contributed by atoms with Crippen molar-refractivity contribution in [2.24, 2.45) is 0 Å². The number of fused-ring (bicyclic) bond motifs is 1. The first-order valence-electron chi connectivity index (χ1n) is 9.02. The Kier molecular flexibility index (Phi) is 4.55. The number of para-hydroxylation sites is 1. The fraction of sp³-hybridized carbons (Fsp3) is 0.474. The number of carbonyl (C=O) groups is 1. The summed E-state index contributed by atoms with van der Waals surface area (Å²) in [5, 5.41) is 4.50. The number of nitrogens with zero attached hydrogens (tertiary/aromatic N) is 4. The van der Waals surface area contributed by atoms with Crippen molar-refractivity contribution >= 4 is 5.91 Å². The lowest BCUT2D eigenvalue weighted by Gasteiger charge is -2.46. The maximum atomic E-state index is 13.1. The summed E-state index contributed by atoms with van der Waals surface area (Å²) in [5.41, 5.74) is 1.45. The van der Waals surface area contributed by atoms with Gasteiger partial charge in [0.25, 0.3) is 5.91 Å². The first-order chi connectivity index (χ1) is 12.3. The van der Waals surface area contributed by atoms with E-state index in [4.69, 9.17) is 4.74 Å². The number of hydrogen-bond donors (Lipinski definition) is 0. The molecule has 0 bridgehead atoms. The van der Waals surface area contributed by atoms with E-state index in [0.717, 1.165) is 31.7 Å². The normalized spacial score (nSPS) is 24.1. The van der Waals surface area contributed by atoms with Crippen molar-refractivity contribution in [1.82, 2.24) is 19.6 Å². The van der Waals surface area contributed by atoms with E-state index in [1.54, 1.807) is 10.7 Å². The van der Waals surface area contributed by atoms with Crippen molar-refractivity contribution in [3.8, 4) is 5.69 Å². The average molecular weight is 340 g/mol. The monoisotopic (exact) mass is 340 g/mol. The van der Waals surface area contributed by atoms with E-state index in [-0.39, 0.29) is 18.1 Å². The van der Waals surface area contributed by atoms with Gasteiger partial charge in [0.2, 0.25) is 0 Å². The highest BCUT2D eigenvalue weighted by molar-refractivity contribution is 5.92. The molecule has 0 unspecified atom stereocenters. The Labute approximate surface area is 148 Å². The highest BCUT2D eigenvalue weighted by Gasteiger charge is 2.39. The van der Waals surface area contributed by atoms with Crippen molar-refractivity contribution < 1.29 is 9.53 Å². The summed E-state index contributed by atoms with van der Waals surface area (Å²) in [6.45, 7) is 6.34. The second-order valence-corrected chi connectivity index (χ2v) is 6.64. The maximum Gasteiger partial charge on any atom is 0.274 e. The lowest BCUT2D eigenvalue weighted by Crippen LogP contribution is -2.61. The SMILES string of the molecule is CCN1CC[C@H]2OCCN(C(=O)c3ccn(-c4ccccc4)n3)[C@H]2C1. The van der Waals surface area contributed by atoms with Gasteiger partial charge in [0.05, 0.1) is 24.4 Å². The zero-order chi connectivity index (χ0) is 17.2. The van der Waals surface area contributed by atoms with E-state index in [0.29, 0.717) is 18.8 Å². The van der Waals surface area contributed by atoms with Gasteiger partial charge in [-0.25, -0.2) is 4.68 Å². The Morgan fingerprint density at radius 2 is 2.08 bits per heavy atom. The molecule has 3 heterocycles. The molecule has 2 fully saturated rings. The molecule has 2 atom stereocenters. The predicted molar refractivity (Wildman–Crippen MR) is 94.9 cm³/mol. The number of likely N-dealkylation sites (tertiary alicyclic amines) is 1. The summed E-state index contributed by atoms with van der Waals surface area (Å²) < 4.78 is 7.67. The first-order valence-corrected chi connectivity index (χ1v) is 9.02. The fourth-order valence-corrected chi connectivity index (χ4v) is 3.79. The van der Waals surface area contributed by atoms with Crippen LogP contribution in [0.25, 0.3) is 5.69 Å². The molecular weight excluding hydrogens is 316 g/mol. The molecule has 6 nitrogen and oxygen atoms in total. The molecule has 1 aromatic carbocycles. The van der Waals surface area contributed by atoms with E-state index in [9.17, 15) is 4.79 Å². The van der Waals surface area contributed by atoms with E-state index < -0.39 is 0 Å². The van der Waals surface area contributed by atoms with Gasteiger partial charge in [0.1, 0.15) is 0 Å². The number of morpholine rings is 1. The van der Waals surface area contributed by atoms with Crippen LogP contribution in [-0.2, 0) is 4.74 Å². The molecule has 2 aliphatic heterocycles. The summed E-state index contributed by atoms with van der Waals surface area (Å²) >= 11 is 0. The van der Waals surface area contributed by atoms with Gasteiger partial charge in [0, 0.05) is 25.8 Å². The minimum Gasteiger partial charge on any atom is -0.374 e. The molecule has 2 aromatic rings. The summed E-state index contributed by atoms with van der Waals surface area (Å²) in [6.07, 6.45) is 2.98. The van der Waals surface area contributed by atoms with Crippen LogP contribution in [-0.4, -0.2) is 70.4 Å². The van der Waals surface area contributed by atoms with Crippen molar-refractivity contribution in [2.75, 3.05) is 32.8 Å².